The Bertz CT molecular complexity index is 871. The maximum Gasteiger partial charge on any atom is 0.229 e. The van der Waals surface area contributed by atoms with Crippen LogP contribution < -0.4 is 5.73 Å². The monoisotopic (exact) mass is 373 g/mol. The minimum absolute atomic E-state index is 0.00566. The highest BCUT2D eigenvalue weighted by atomic mass is 35.5. The molecule has 3 fully saturated rings. The molecule has 0 unspecified atom stereocenters. The van der Waals surface area contributed by atoms with Gasteiger partial charge < -0.3 is 15.4 Å². The van der Waals surface area contributed by atoms with Gasteiger partial charge in [-0.1, -0.05) is 17.7 Å². The summed E-state index contributed by atoms with van der Waals surface area (Å²) in [7, 11) is 0. The second-order valence-corrected chi connectivity index (χ2v) is 7.76. The SMILES string of the molecule is NCCN1C[C@@]23CC[C@@H](O2)[C@@H](c2ncnn2-c2cccc(Cl)c2)[C@H]3C1=O. The summed E-state index contributed by atoms with van der Waals surface area (Å²) in [4.78, 5) is 19.4. The maximum atomic E-state index is 13.1. The number of aromatic nitrogens is 3. The molecule has 3 aliphatic rings. The van der Waals surface area contributed by atoms with Crippen LogP contribution in [0.15, 0.2) is 30.6 Å². The highest BCUT2D eigenvalue weighted by Gasteiger charge is 2.68. The molecule has 2 aromatic rings. The molecule has 2 N–H and O–H groups in total. The summed E-state index contributed by atoms with van der Waals surface area (Å²) in [5.74, 6) is 0.588. The number of halogens is 1. The van der Waals surface area contributed by atoms with E-state index in [1.165, 1.54) is 6.33 Å². The van der Waals surface area contributed by atoms with E-state index >= 15 is 0 Å². The van der Waals surface area contributed by atoms with Crippen molar-refractivity contribution in [1.82, 2.24) is 19.7 Å². The van der Waals surface area contributed by atoms with E-state index in [1.807, 2.05) is 29.2 Å². The lowest BCUT2D eigenvalue weighted by Gasteiger charge is -2.27. The maximum absolute atomic E-state index is 13.1. The second-order valence-electron chi connectivity index (χ2n) is 7.32. The number of ether oxygens (including phenoxy) is 1. The van der Waals surface area contributed by atoms with E-state index in [2.05, 4.69) is 10.1 Å². The van der Waals surface area contributed by atoms with Gasteiger partial charge in [-0.3, -0.25) is 4.79 Å². The molecule has 2 bridgehead atoms. The van der Waals surface area contributed by atoms with Crippen LogP contribution in [0.4, 0.5) is 0 Å². The largest absolute Gasteiger partial charge is 0.368 e. The predicted molar refractivity (Wildman–Crippen MR) is 95.1 cm³/mol. The normalized spacial score (nSPS) is 32.5. The molecule has 8 heteroatoms. The van der Waals surface area contributed by atoms with Crippen molar-refractivity contribution in [2.45, 2.75) is 30.5 Å². The summed E-state index contributed by atoms with van der Waals surface area (Å²) in [6.45, 7) is 1.66. The van der Waals surface area contributed by atoms with Crippen molar-refractivity contribution in [1.29, 1.82) is 0 Å². The molecule has 4 atom stereocenters. The number of likely N-dealkylation sites (tertiary alicyclic amines) is 1. The third-order valence-corrected chi connectivity index (χ3v) is 6.16. The molecule has 7 nitrogen and oxygen atoms in total. The first-order valence-electron chi connectivity index (χ1n) is 8.95. The summed E-state index contributed by atoms with van der Waals surface area (Å²) in [6, 6.07) is 7.49. The zero-order valence-corrected chi connectivity index (χ0v) is 15.0. The van der Waals surface area contributed by atoms with Crippen LogP contribution in [0.5, 0.6) is 0 Å². The molecule has 3 aliphatic heterocycles. The van der Waals surface area contributed by atoms with Gasteiger partial charge in [-0.05, 0) is 31.0 Å². The molecule has 1 aromatic carbocycles. The molecule has 1 amide bonds. The molecule has 5 rings (SSSR count). The summed E-state index contributed by atoms with van der Waals surface area (Å²) in [6.07, 6.45) is 3.39. The minimum Gasteiger partial charge on any atom is -0.368 e. The zero-order valence-electron chi connectivity index (χ0n) is 14.2. The number of amides is 1. The topological polar surface area (TPSA) is 86.3 Å². The third kappa shape index (κ3) is 2.17. The molecule has 0 aliphatic carbocycles. The second kappa shape index (κ2) is 5.77. The molecule has 4 heterocycles. The molecule has 1 aromatic heterocycles. The number of benzene rings is 1. The first kappa shape index (κ1) is 16.2. The molecule has 0 saturated carbocycles. The lowest BCUT2D eigenvalue weighted by atomic mass is 9.73. The lowest BCUT2D eigenvalue weighted by Crippen LogP contribution is -2.38. The molecule has 0 radical (unpaired) electrons. The third-order valence-electron chi connectivity index (χ3n) is 5.92. The van der Waals surface area contributed by atoms with Crippen molar-refractivity contribution in [3.63, 3.8) is 0 Å². The number of carbonyl (C=O) groups excluding carboxylic acids is 1. The van der Waals surface area contributed by atoms with E-state index < -0.39 is 5.60 Å². The first-order valence-corrected chi connectivity index (χ1v) is 9.33. The standard InChI is InChI=1S/C18H20ClN5O2/c19-11-2-1-3-12(8-11)24-16(21-10-22-24)14-13-4-5-18(26-13)9-23(7-6-20)17(25)15(14)18/h1-3,8,10,13-15H,4-7,9,20H2/t13-,14-,15+,18-/m1/s1. The van der Waals surface area contributed by atoms with Gasteiger partial charge >= 0.3 is 0 Å². The van der Waals surface area contributed by atoms with E-state index in [0.29, 0.717) is 24.7 Å². The summed E-state index contributed by atoms with van der Waals surface area (Å²) in [5, 5.41) is 5.03. The van der Waals surface area contributed by atoms with E-state index in [9.17, 15) is 4.79 Å². The summed E-state index contributed by atoms with van der Waals surface area (Å²) >= 11 is 6.14. The lowest BCUT2D eigenvalue weighted by molar-refractivity contribution is -0.131. The Kier molecular flexibility index (Phi) is 3.60. The number of rotatable bonds is 4. The highest BCUT2D eigenvalue weighted by molar-refractivity contribution is 6.30. The van der Waals surface area contributed by atoms with Crippen LogP contribution in [0.3, 0.4) is 0 Å². The van der Waals surface area contributed by atoms with Gasteiger partial charge in [0, 0.05) is 18.1 Å². The molecule has 1 spiro atoms. The number of fused-ring (bicyclic) bond motifs is 1. The van der Waals surface area contributed by atoms with Crippen LogP contribution >= 0.6 is 11.6 Å². The summed E-state index contributed by atoms with van der Waals surface area (Å²) < 4.78 is 8.16. The van der Waals surface area contributed by atoms with Crippen molar-refractivity contribution in [3.8, 4) is 5.69 Å². The fourth-order valence-electron chi connectivity index (χ4n) is 4.97. The molecule has 136 valence electrons. The van der Waals surface area contributed by atoms with Gasteiger partial charge in [-0.15, -0.1) is 0 Å². The van der Waals surface area contributed by atoms with Gasteiger partial charge in [-0.2, -0.15) is 5.10 Å². The average Bonchev–Trinajstić information content (AvgIpc) is 3.37. The number of hydrogen-bond donors (Lipinski definition) is 1. The van der Waals surface area contributed by atoms with Crippen molar-refractivity contribution in [2.75, 3.05) is 19.6 Å². The Morgan fingerprint density at radius 1 is 1.42 bits per heavy atom. The van der Waals surface area contributed by atoms with E-state index in [-0.39, 0.29) is 23.8 Å². The fraction of sp³-hybridized carbons (Fsp3) is 0.500. The molecular weight excluding hydrogens is 354 g/mol. The van der Waals surface area contributed by atoms with Gasteiger partial charge in [0.15, 0.2) is 0 Å². The van der Waals surface area contributed by atoms with Crippen molar-refractivity contribution in [3.05, 3.63) is 41.4 Å². The van der Waals surface area contributed by atoms with Gasteiger partial charge in [0.2, 0.25) is 5.91 Å². The highest BCUT2D eigenvalue weighted by Crippen LogP contribution is 2.58. The molecule has 26 heavy (non-hydrogen) atoms. The van der Waals surface area contributed by atoms with Crippen LogP contribution in [0.1, 0.15) is 24.6 Å². The summed E-state index contributed by atoms with van der Waals surface area (Å²) in [5.41, 5.74) is 6.13. The van der Waals surface area contributed by atoms with Gasteiger partial charge in [-0.25, -0.2) is 9.67 Å². The van der Waals surface area contributed by atoms with E-state index in [1.54, 1.807) is 4.68 Å². The quantitative estimate of drug-likeness (QED) is 0.874. The first-order chi connectivity index (χ1) is 12.6. The molecular formula is C18H20ClN5O2. The van der Waals surface area contributed by atoms with Gasteiger partial charge in [0.05, 0.1) is 35.8 Å². The van der Waals surface area contributed by atoms with Crippen LogP contribution in [0, 0.1) is 5.92 Å². The Morgan fingerprint density at radius 3 is 3.12 bits per heavy atom. The number of carbonyl (C=O) groups is 1. The van der Waals surface area contributed by atoms with E-state index in [4.69, 9.17) is 22.1 Å². The van der Waals surface area contributed by atoms with Crippen molar-refractivity contribution < 1.29 is 9.53 Å². The Hall–Kier alpha value is -1.96. The minimum atomic E-state index is -0.396. The van der Waals surface area contributed by atoms with Crippen LogP contribution in [0.25, 0.3) is 5.69 Å². The predicted octanol–water partition coefficient (Wildman–Crippen LogP) is 1.35. The van der Waals surface area contributed by atoms with Crippen LogP contribution in [-0.2, 0) is 9.53 Å². The Balaban J connectivity index is 1.56. The number of hydrogen-bond acceptors (Lipinski definition) is 5. The van der Waals surface area contributed by atoms with Crippen molar-refractivity contribution in [2.24, 2.45) is 11.7 Å². The van der Waals surface area contributed by atoms with Crippen LogP contribution in [0.2, 0.25) is 5.02 Å². The Morgan fingerprint density at radius 2 is 2.31 bits per heavy atom. The van der Waals surface area contributed by atoms with Gasteiger partial charge in [0.1, 0.15) is 12.2 Å². The number of nitrogens with zero attached hydrogens (tertiary/aromatic N) is 4. The fourth-order valence-corrected chi connectivity index (χ4v) is 5.15. The number of nitrogens with two attached hydrogens (primary N) is 1. The van der Waals surface area contributed by atoms with Gasteiger partial charge in [0.25, 0.3) is 0 Å². The van der Waals surface area contributed by atoms with Crippen molar-refractivity contribution >= 4 is 17.5 Å². The van der Waals surface area contributed by atoms with Crippen LogP contribution in [-0.4, -0.2) is 56.9 Å². The van der Waals surface area contributed by atoms with E-state index in [0.717, 1.165) is 24.4 Å². The smallest absolute Gasteiger partial charge is 0.229 e. The average molecular weight is 374 g/mol. The Labute approximate surface area is 156 Å². The zero-order chi connectivity index (χ0) is 17.9. The molecule has 3 saturated heterocycles.